The summed E-state index contributed by atoms with van der Waals surface area (Å²) < 4.78 is 29.2. The quantitative estimate of drug-likeness (QED) is 0.591. The molecule has 0 saturated carbocycles. The smallest absolute Gasteiger partial charge is 0.211 e. The average Bonchev–Trinajstić information content (AvgIpc) is 1.82. The van der Waals surface area contributed by atoms with E-state index >= 15 is 0 Å². The van der Waals surface area contributed by atoms with Crippen LogP contribution in [0.3, 0.4) is 0 Å². The number of rotatable bonds is 1. The maximum absolute atomic E-state index is 11.1. The normalized spacial score (nSPS) is 33.6. The van der Waals surface area contributed by atoms with Crippen LogP contribution in [-0.4, -0.2) is 44.3 Å². The molecule has 0 amide bonds. The molecule has 1 aliphatic rings. The van der Waals surface area contributed by atoms with E-state index in [2.05, 4.69) is 0 Å². The maximum atomic E-state index is 11.1. The number of nitrogens with zero attached hydrogens (tertiary/aromatic N) is 1. The zero-order valence-electron chi connectivity index (χ0n) is 7.65. The Labute approximate surface area is 73.6 Å². The van der Waals surface area contributed by atoms with E-state index in [1.807, 2.05) is 13.8 Å². The van der Waals surface area contributed by atoms with E-state index in [0.717, 1.165) is 0 Å². The second-order valence-electron chi connectivity index (χ2n) is 3.34. The van der Waals surface area contributed by atoms with Gasteiger partial charge in [-0.25, -0.2) is 8.42 Å². The van der Waals surface area contributed by atoms with Crippen LogP contribution in [0.4, 0.5) is 0 Å². The molecule has 0 aromatic carbocycles. The van der Waals surface area contributed by atoms with Crippen molar-refractivity contribution in [3.05, 3.63) is 0 Å². The maximum Gasteiger partial charge on any atom is 0.211 e. The van der Waals surface area contributed by atoms with Crippen molar-refractivity contribution in [3.63, 3.8) is 0 Å². The largest absolute Gasteiger partial charge is 0.373 e. The lowest BCUT2D eigenvalue weighted by molar-refractivity contribution is -0.0439. The Morgan fingerprint density at radius 1 is 1.25 bits per heavy atom. The Morgan fingerprint density at radius 2 is 1.67 bits per heavy atom. The number of hydrogen-bond donors (Lipinski definition) is 0. The molecule has 2 atom stereocenters. The molecule has 4 nitrogen and oxygen atoms in total. The minimum Gasteiger partial charge on any atom is -0.373 e. The summed E-state index contributed by atoms with van der Waals surface area (Å²) in [6.45, 7) is 4.72. The van der Waals surface area contributed by atoms with Crippen LogP contribution < -0.4 is 0 Å². The van der Waals surface area contributed by atoms with Crippen LogP contribution in [0, 0.1) is 0 Å². The first-order valence-electron chi connectivity index (χ1n) is 4.00. The molecule has 12 heavy (non-hydrogen) atoms. The Morgan fingerprint density at radius 3 is 2.00 bits per heavy atom. The van der Waals surface area contributed by atoms with Gasteiger partial charge in [-0.3, -0.25) is 0 Å². The van der Waals surface area contributed by atoms with Crippen molar-refractivity contribution < 1.29 is 13.2 Å². The molecular formula is C7H15NO3S. The van der Waals surface area contributed by atoms with Crippen molar-refractivity contribution in [2.45, 2.75) is 26.1 Å². The second-order valence-corrected chi connectivity index (χ2v) is 5.32. The summed E-state index contributed by atoms with van der Waals surface area (Å²) in [6.07, 6.45) is 1.24. The topological polar surface area (TPSA) is 46.6 Å². The van der Waals surface area contributed by atoms with Gasteiger partial charge in [0.1, 0.15) is 0 Å². The monoisotopic (exact) mass is 193 g/mol. The molecule has 0 radical (unpaired) electrons. The summed E-state index contributed by atoms with van der Waals surface area (Å²) in [5.74, 6) is 0. The van der Waals surface area contributed by atoms with Crippen LogP contribution in [0.1, 0.15) is 13.8 Å². The van der Waals surface area contributed by atoms with Crippen molar-refractivity contribution in [1.82, 2.24) is 4.31 Å². The van der Waals surface area contributed by atoms with E-state index < -0.39 is 10.0 Å². The second kappa shape index (κ2) is 3.32. The van der Waals surface area contributed by atoms with Crippen molar-refractivity contribution >= 4 is 10.0 Å². The number of hydrogen-bond acceptors (Lipinski definition) is 3. The first kappa shape index (κ1) is 9.95. The molecule has 1 rings (SSSR count). The molecule has 1 aliphatic heterocycles. The molecule has 72 valence electrons. The lowest BCUT2D eigenvalue weighted by atomic mass is 10.3. The molecule has 0 aromatic rings. The van der Waals surface area contributed by atoms with Crippen molar-refractivity contribution in [1.29, 1.82) is 0 Å². The molecule has 0 spiro atoms. The summed E-state index contributed by atoms with van der Waals surface area (Å²) in [6, 6.07) is 0. The zero-order chi connectivity index (χ0) is 9.35. The Kier molecular flexibility index (Phi) is 2.75. The average molecular weight is 193 g/mol. The highest BCUT2D eigenvalue weighted by Crippen LogP contribution is 2.12. The number of morpholine rings is 1. The van der Waals surface area contributed by atoms with Crippen LogP contribution >= 0.6 is 0 Å². The van der Waals surface area contributed by atoms with E-state index in [9.17, 15) is 8.42 Å². The van der Waals surface area contributed by atoms with Crippen molar-refractivity contribution in [2.24, 2.45) is 0 Å². The molecule has 0 aliphatic carbocycles. The van der Waals surface area contributed by atoms with Crippen molar-refractivity contribution in [2.75, 3.05) is 19.3 Å². The highest BCUT2D eigenvalue weighted by Gasteiger charge is 2.27. The van der Waals surface area contributed by atoms with Crippen LogP contribution in [0.2, 0.25) is 0 Å². The minimum atomic E-state index is -3.04. The lowest BCUT2D eigenvalue weighted by Gasteiger charge is -2.33. The molecule has 0 N–H and O–H groups in total. The third-order valence-corrected chi connectivity index (χ3v) is 3.09. The van der Waals surface area contributed by atoms with Gasteiger partial charge >= 0.3 is 0 Å². The Bertz CT molecular complexity index is 239. The highest BCUT2D eigenvalue weighted by atomic mass is 32.2. The fraction of sp³-hybridized carbons (Fsp3) is 1.00. The van der Waals surface area contributed by atoms with Gasteiger partial charge in [0.25, 0.3) is 0 Å². The Hall–Kier alpha value is -0.130. The van der Waals surface area contributed by atoms with Gasteiger partial charge in [0, 0.05) is 13.1 Å². The zero-order valence-corrected chi connectivity index (χ0v) is 8.47. The van der Waals surface area contributed by atoms with Gasteiger partial charge in [0.15, 0.2) is 0 Å². The molecular weight excluding hydrogens is 178 g/mol. The minimum absolute atomic E-state index is 0.00322. The van der Waals surface area contributed by atoms with E-state index in [4.69, 9.17) is 4.74 Å². The third-order valence-electron chi connectivity index (χ3n) is 1.86. The predicted molar refractivity (Wildman–Crippen MR) is 46.4 cm³/mol. The van der Waals surface area contributed by atoms with E-state index in [-0.39, 0.29) is 12.2 Å². The molecule has 0 aromatic heterocycles. The van der Waals surface area contributed by atoms with E-state index in [1.165, 1.54) is 10.6 Å². The highest BCUT2D eigenvalue weighted by molar-refractivity contribution is 7.88. The first-order valence-corrected chi connectivity index (χ1v) is 5.85. The summed E-state index contributed by atoms with van der Waals surface area (Å²) in [5, 5.41) is 0. The first-order chi connectivity index (χ1) is 5.39. The fourth-order valence-electron chi connectivity index (χ4n) is 1.40. The number of sulfonamides is 1. The van der Waals surface area contributed by atoms with E-state index in [1.54, 1.807) is 0 Å². The molecule has 1 fully saturated rings. The molecule has 5 heteroatoms. The molecule has 0 bridgehead atoms. The van der Waals surface area contributed by atoms with Gasteiger partial charge in [-0.15, -0.1) is 0 Å². The van der Waals surface area contributed by atoms with Crippen LogP contribution in [0.15, 0.2) is 0 Å². The van der Waals surface area contributed by atoms with Gasteiger partial charge in [0.05, 0.1) is 18.5 Å². The van der Waals surface area contributed by atoms with Gasteiger partial charge < -0.3 is 4.74 Å². The van der Waals surface area contributed by atoms with Crippen LogP contribution in [0.25, 0.3) is 0 Å². The SMILES string of the molecule is C[C@@H]1CN(S(C)(=O)=O)C[C@@H](C)O1. The lowest BCUT2D eigenvalue weighted by Crippen LogP contribution is -2.47. The fourth-order valence-corrected chi connectivity index (χ4v) is 2.36. The van der Waals surface area contributed by atoms with Crippen molar-refractivity contribution in [3.8, 4) is 0 Å². The van der Waals surface area contributed by atoms with Gasteiger partial charge in [-0.1, -0.05) is 0 Å². The third kappa shape index (κ3) is 2.43. The standard InChI is InChI=1S/C7H15NO3S/c1-6-4-8(12(3,9)10)5-7(2)11-6/h6-7H,4-5H2,1-3H3/t6-,7-/m1/s1. The summed E-state index contributed by atoms with van der Waals surface area (Å²) in [7, 11) is -3.04. The number of ether oxygens (including phenoxy) is 1. The predicted octanol–water partition coefficient (Wildman–Crippen LogP) is 0.0552. The molecule has 0 unspecified atom stereocenters. The summed E-state index contributed by atoms with van der Waals surface area (Å²) in [5.41, 5.74) is 0. The molecule has 1 saturated heterocycles. The van der Waals surface area contributed by atoms with Crippen LogP contribution in [-0.2, 0) is 14.8 Å². The van der Waals surface area contributed by atoms with Gasteiger partial charge in [-0.05, 0) is 13.8 Å². The molecule has 1 heterocycles. The Balaban J connectivity index is 2.68. The van der Waals surface area contributed by atoms with Crippen LogP contribution in [0.5, 0.6) is 0 Å². The summed E-state index contributed by atoms with van der Waals surface area (Å²) >= 11 is 0. The van der Waals surface area contributed by atoms with Gasteiger partial charge in [-0.2, -0.15) is 4.31 Å². The van der Waals surface area contributed by atoms with E-state index in [0.29, 0.717) is 13.1 Å². The summed E-state index contributed by atoms with van der Waals surface area (Å²) in [4.78, 5) is 0. The van der Waals surface area contributed by atoms with Gasteiger partial charge in [0.2, 0.25) is 10.0 Å².